The summed E-state index contributed by atoms with van der Waals surface area (Å²) in [4.78, 5) is 11.0. The first kappa shape index (κ1) is 13.3. The van der Waals surface area contributed by atoms with Crippen molar-refractivity contribution in [2.75, 3.05) is 13.2 Å². The molecule has 0 amide bonds. The highest BCUT2D eigenvalue weighted by Gasteiger charge is 1.99. The molecule has 1 rings (SSSR count). The SMILES string of the molecule is CCOC(=O)/C=C/COc1ccccc1CO. The number of esters is 1. The molecule has 0 radical (unpaired) electrons. The summed E-state index contributed by atoms with van der Waals surface area (Å²) in [7, 11) is 0. The van der Waals surface area contributed by atoms with Gasteiger partial charge in [-0.2, -0.15) is 0 Å². The summed E-state index contributed by atoms with van der Waals surface area (Å²) in [5.41, 5.74) is 0.719. The molecule has 0 aliphatic rings. The van der Waals surface area contributed by atoms with Crippen LogP contribution in [0.1, 0.15) is 12.5 Å². The number of hydrogen-bond donors (Lipinski definition) is 1. The number of aliphatic hydroxyl groups is 1. The Hall–Kier alpha value is -1.81. The summed E-state index contributed by atoms with van der Waals surface area (Å²) in [5, 5.41) is 9.06. The predicted octanol–water partition coefficient (Wildman–Crippen LogP) is 1.68. The molecule has 0 saturated heterocycles. The lowest BCUT2D eigenvalue weighted by molar-refractivity contribution is -0.137. The molecule has 4 nitrogen and oxygen atoms in total. The molecule has 1 aromatic rings. The van der Waals surface area contributed by atoms with Gasteiger partial charge in [-0.05, 0) is 19.1 Å². The van der Waals surface area contributed by atoms with Gasteiger partial charge in [0.25, 0.3) is 0 Å². The third-order valence-electron chi connectivity index (χ3n) is 2.02. The first-order valence-electron chi connectivity index (χ1n) is 5.42. The van der Waals surface area contributed by atoms with Crippen LogP contribution in [-0.4, -0.2) is 24.3 Å². The summed E-state index contributed by atoms with van der Waals surface area (Å²) in [5.74, 6) is 0.232. The van der Waals surface area contributed by atoms with Crippen molar-refractivity contribution in [3.8, 4) is 5.75 Å². The van der Waals surface area contributed by atoms with Crippen LogP contribution in [0.5, 0.6) is 5.75 Å². The van der Waals surface area contributed by atoms with E-state index in [-0.39, 0.29) is 19.2 Å². The molecule has 17 heavy (non-hydrogen) atoms. The first-order valence-corrected chi connectivity index (χ1v) is 5.42. The van der Waals surface area contributed by atoms with Gasteiger partial charge in [0.15, 0.2) is 0 Å². The van der Waals surface area contributed by atoms with Gasteiger partial charge in [-0.1, -0.05) is 18.2 Å². The molecule has 0 aromatic heterocycles. The molecule has 1 N–H and O–H groups in total. The summed E-state index contributed by atoms with van der Waals surface area (Å²) >= 11 is 0. The number of hydrogen-bond acceptors (Lipinski definition) is 4. The molecule has 0 aliphatic heterocycles. The molecular formula is C13H16O4. The Morgan fingerprint density at radius 3 is 2.88 bits per heavy atom. The smallest absolute Gasteiger partial charge is 0.330 e. The lowest BCUT2D eigenvalue weighted by Gasteiger charge is -2.07. The number of aliphatic hydroxyl groups excluding tert-OH is 1. The van der Waals surface area contributed by atoms with Gasteiger partial charge in [-0.3, -0.25) is 0 Å². The van der Waals surface area contributed by atoms with E-state index in [4.69, 9.17) is 14.6 Å². The van der Waals surface area contributed by atoms with Crippen molar-refractivity contribution in [2.45, 2.75) is 13.5 Å². The second kappa shape index (κ2) is 7.46. The van der Waals surface area contributed by atoms with Crippen LogP contribution in [0.15, 0.2) is 36.4 Å². The number of carbonyl (C=O) groups is 1. The van der Waals surface area contributed by atoms with Crippen LogP contribution in [0.4, 0.5) is 0 Å². The normalized spacial score (nSPS) is 10.5. The van der Waals surface area contributed by atoms with Crippen molar-refractivity contribution < 1.29 is 19.4 Å². The van der Waals surface area contributed by atoms with Gasteiger partial charge in [0, 0.05) is 11.6 Å². The Kier molecular flexibility index (Phi) is 5.82. The van der Waals surface area contributed by atoms with Crippen LogP contribution in [-0.2, 0) is 16.1 Å². The van der Waals surface area contributed by atoms with E-state index in [1.54, 1.807) is 25.1 Å². The number of para-hydroxylation sites is 1. The Labute approximate surface area is 100 Å². The van der Waals surface area contributed by atoms with E-state index in [0.29, 0.717) is 12.4 Å². The number of rotatable bonds is 6. The fraction of sp³-hybridized carbons (Fsp3) is 0.308. The second-order valence-electron chi connectivity index (χ2n) is 3.23. The molecule has 1 aromatic carbocycles. The summed E-state index contributed by atoms with van der Waals surface area (Å²) in [6.07, 6.45) is 2.90. The molecule has 0 fully saturated rings. The van der Waals surface area contributed by atoms with Gasteiger partial charge in [0.1, 0.15) is 12.4 Å². The zero-order valence-corrected chi connectivity index (χ0v) is 9.76. The van der Waals surface area contributed by atoms with E-state index in [0.717, 1.165) is 5.56 Å². The zero-order valence-electron chi connectivity index (χ0n) is 9.76. The van der Waals surface area contributed by atoms with E-state index in [1.807, 2.05) is 12.1 Å². The lowest BCUT2D eigenvalue weighted by atomic mass is 10.2. The minimum atomic E-state index is -0.383. The fourth-order valence-electron chi connectivity index (χ4n) is 1.25. The third kappa shape index (κ3) is 4.70. The van der Waals surface area contributed by atoms with Crippen molar-refractivity contribution in [1.29, 1.82) is 0 Å². The van der Waals surface area contributed by atoms with E-state index < -0.39 is 0 Å². The molecule has 4 heteroatoms. The van der Waals surface area contributed by atoms with Crippen molar-refractivity contribution in [2.24, 2.45) is 0 Å². The molecule has 0 spiro atoms. The minimum Gasteiger partial charge on any atom is -0.489 e. The molecule has 0 unspecified atom stereocenters. The second-order valence-corrected chi connectivity index (χ2v) is 3.23. The maximum absolute atomic E-state index is 11.0. The van der Waals surface area contributed by atoms with Gasteiger partial charge in [-0.25, -0.2) is 4.79 Å². The molecule has 0 atom stereocenters. The average Bonchev–Trinajstić information content (AvgIpc) is 2.35. The van der Waals surface area contributed by atoms with Crippen molar-refractivity contribution in [3.63, 3.8) is 0 Å². The molecule has 0 aliphatic carbocycles. The average molecular weight is 236 g/mol. The number of benzene rings is 1. The number of carbonyl (C=O) groups excluding carboxylic acids is 1. The van der Waals surface area contributed by atoms with Crippen LogP contribution in [0.25, 0.3) is 0 Å². The molecular weight excluding hydrogens is 220 g/mol. The molecule has 0 bridgehead atoms. The molecule has 0 heterocycles. The van der Waals surface area contributed by atoms with Crippen LogP contribution >= 0.6 is 0 Å². The minimum absolute atomic E-state index is 0.0717. The third-order valence-corrected chi connectivity index (χ3v) is 2.02. The monoisotopic (exact) mass is 236 g/mol. The summed E-state index contributed by atoms with van der Waals surface area (Å²) in [6.45, 7) is 2.30. The topological polar surface area (TPSA) is 55.8 Å². The van der Waals surface area contributed by atoms with Crippen LogP contribution < -0.4 is 4.74 Å². The first-order chi connectivity index (χ1) is 8.27. The summed E-state index contributed by atoms with van der Waals surface area (Å²) < 4.78 is 10.1. The highest BCUT2D eigenvalue weighted by molar-refractivity contribution is 5.81. The van der Waals surface area contributed by atoms with Crippen molar-refractivity contribution in [1.82, 2.24) is 0 Å². The Morgan fingerprint density at radius 1 is 1.41 bits per heavy atom. The van der Waals surface area contributed by atoms with Crippen LogP contribution in [0.2, 0.25) is 0 Å². The molecule has 0 saturated carbocycles. The highest BCUT2D eigenvalue weighted by atomic mass is 16.5. The van der Waals surface area contributed by atoms with E-state index in [1.165, 1.54) is 6.08 Å². The van der Waals surface area contributed by atoms with Crippen molar-refractivity contribution >= 4 is 5.97 Å². The standard InChI is InChI=1S/C13H16O4/c1-2-16-13(15)8-5-9-17-12-7-4-3-6-11(12)10-14/h3-8,14H,2,9-10H2,1H3/b8-5+. The van der Waals surface area contributed by atoms with Gasteiger partial charge in [0.05, 0.1) is 13.2 Å². The van der Waals surface area contributed by atoms with Crippen LogP contribution in [0, 0.1) is 0 Å². The van der Waals surface area contributed by atoms with Gasteiger partial charge < -0.3 is 14.6 Å². The Balaban J connectivity index is 2.43. The van der Waals surface area contributed by atoms with E-state index in [9.17, 15) is 4.79 Å². The van der Waals surface area contributed by atoms with Gasteiger partial charge >= 0.3 is 5.97 Å². The maximum atomic E-state index is 11.0. The fourth-order valence-corrected chi connectivity index (χ4v) is 1.25. The van der Waals surface area contributed by atoms with Crippen LogP contribution in [0.3, 0.4) is 0 Å². The lowest BCUT2D eigenvalue weighted by Crippen LogP contribution is -2.01. The zero-order chi connectivity index (χ0) is 12.5. The highest BCUT2D eigenvalue weighted by Crippen LogP contribution is 2.17. The van der Waals surface area contributed by atoms with E-state index in [2.05, 4.69) is 0 Å². The van der Waals surface area contributed by atoms with Gasteiger partial charge in [-0.15, -0.1) is 0 Å². The molecule has 92 valence electrons. The van der Waals surface area contributed by atoms with Crippen molar-refractivity contribution in [3.05, 3.63) is 42.0 Å². The summed E-state index contributed by atoms with van der Waals surface area (Å²) in [6, 6.07) is 7.20. The Bertz CT molecular complexity index is 385. The quantitative estimate of drug-likeness (QED) is 0.603. The largest absolute Gasteiger partial charge is 0.489 e. The van der Waals surface area contributed by atoms with Gasteiger partial charge in [0.2, 0.25) is 0 Å². The maximum Gasteiger partial charge on any atom is 0.330 e. The Morgan fingerprint density at radius 2 is 2.18 bits per heavy atom. The van der Waals surface area contributed by atoms with E-state index >= 15 is 0 Å². The predicted molar refractivity (Wildman–Crippen MR) is 63.6 cm³/mol. The number of ether oxygens (including phenoxy) is 2.